The number of likely N-dealkylation sites (tertiary alicyclic amines) is 1. The number of rotatable bonds is 4. The first kappa shape index (κ1) is 16.4. The molecule has 2 aromatic heterocycles. The minimum absolute atomic E-state index is 0.104. The fourth-order valence-electron chi connectivity index (χ4n) is 3.42. The van der Waals surface area contributed by atoms with E-state index in [1.807, 2.05) is 30.3 Å². The van der Waals surface area contributed by atoms with E-state index in [1.165, 1.54) is 0 Å². The second-order valence-electron chi connectivity index (χ2n) is 6.49. The van der Waals surface area contributed by atoms with Gasteiger partial charge in [0, 0.05) is 24.5 Å². The summed E-state index contributed by atoms with van der Waals surface area (Å²) in [6, 6.07) is 13.9. The Bertz CT molecular complexity index is 915. The first-order valence-electron chi connectivity index (χ1n) is 8.80. The van der Waals surface area contributed by atoms with Crippen molar-refractivity contribution in [2.75, 3.05) is 6.54 Å². The highest BCUT2D eigenvalue weighted by molar-refractivity contribution is 5.51. The number of nitriles is 1. The molecule has 0 amide bonds. The summed E-state index contributed by atoms with van der Waals surface area (Å²) in [5.74, 6) is 1.23. The third-order valence-corrected chi connectivity index (χ3v) is 4.70. The van der Waals surface area contributed by atoms with Gasteiger partial charge in [0.25, 0.3) is 0 Å². The lowest BCUT2D eigenvalue weighted by atomic mass is 10.0. The van der Waals surface area contributed by atoms with Crippen LogP contribution < -0.4 is 0 Å². The van der Waals surface area contributed by atoms with Crippen LogP contribution in [0.4, 0.5) is 0 Å². The SMILES string of the molecule is N#Cc1cccc(CN2CCCCC2c2nc(-c3cccnc3)no2)c1. The molecule has 26 heavy (non-hydrogen) atoms. The molecule has 0 saturated carbocycles. The minimum Gasteiger partial charge on any atom is -0.337 e. The average molecular weight is 345 g/mol. The molecule has 6 heteroatoms. The van der Waals surface area contributed by atoms with Crippen molar-refractivity contribution in [1.29, 1.82) is 5.26 Å². The zero-order valence-corrected chi connectivity index (χ0v) is 14.4. The first-order chi connectivity index (χ1) is 12.8. The Labute approximate surface area is 152 Å². The number of pyridine rings is 1. The van der Waals surface area contributed by atoms with Crippen LogP contribution in [-0.4, -0.2) is 26.6 Å². The highest BCUT2D eigenvalue weighted by Crippen LogP contribution is 2.32. The highest BCUT2D eigenvalue weighted by Gasteiger charge is 2.29. The molecule has 1 saturated heterocycles. The van der Waals surface area contributed by atoms with Crippen molar-refractivity contribution in [2.45, 2.75) is 31.8 Å². The number of piperidine rings is 1. The maximum Gasteiger partial charge on any atom is 0.244 e. The molecule has 0 radical (unpaired) electrons. The summed E-state index contributed by atoms with van der Waals surface area (Å²) in [5, 5.41) is 13.2. The van der Waals surface area contributed by atoms with Gasteiger partial charge in [-0.05, 0) is 49.2 Å². The van der Waals surface area contributed by atoms with Crippen molar-refractivity contribution in [2.24, 2.45) is 0 Å². The van der Waals surface area contributed by atoms with E-state index in [0.717, 1.165) is 43.5 Å². The molecule has 3 heterocycles. The van der Waals surface area contributed by atoms with Crippen LogP contribution in [0.15, 0.2) is 53.3 Å². The summed E-state index contributed by atoms with van der Waals surface area (Å²) in [5.41, 5.74) is 2.67. The number of aromatic nitrogens is 3. The van der Waals surface area contributed by atoms with E-state index in [0.29, 0.717) is 17.3 Å². The smallest absolute Gasteiger partial charge is 0.244 e. The van der Waals surface area contributed by atoms with Crippen molar-refractivity contribution in [3.8, 4) is 17.5 Å². The van der Waals surface area contributed by atoms with Gasteiger partial charge in [-0.3, -0.25) is 9.88 Å². The molecule has 4 rings (SSSR count). The van der Waals surface area contributed by atoms with E-state index in [9.17, 15) is 0 Å². The van der Waals surface area contributed by atoms with Gasteiger partial charge < -0.3 is 4.52 Å². The van der Waals surface area contributed by atoms with E-state index in [2.05, 4.69) is 32.2 Å². The van der Waals surface area contributed by atoms with Crippen LogP contribution in [0.2, 0.25) is 0 Å². The fourth-order valence-corrected chi connectivity index (χ4v) is 3.42. The normalized spacial score (nSPS) is 17.7. The van der Waals surface area contributed by atoms with Crippen LogP contribution in [0.1, 0.15) is 42.3 Å². The van der Waals surface area contributed by atoms with E-state index in [1.54, 1.807) is 12.4 Å². The van der Waals surface area contributed by atoms with Crippen LogP contribution in [0.25, 0.3) is 11.4 Å². The first-order valence-corrected chi connectivity index (χ1v) is 8.80. The fraction of sp³-hybridized carbons (Fsp3) is 0.300. The molecule has 6 nitrogen and oxygen atoms in total. The molecule has 0 spiro atoms. The Balaban J connectivity index is 1.56. The van der Waals surface area contributed by atoms with E-state index < -0.39 is 0 Å². The van der Waals surface area contributed by atoms with Gasteiger partial charge in [0.2, 0.25) is 11.7 Å². The number of benzene rings is 1. The van der Waals surface area contributed by atoms with Gasteiger partial charge in [-0.1, -0.05) is 23.7 Å². The molecule has 1 atom stereocenters. The van der Waals surface area contributed by atoms with Gasteiger partial charge in [0.05, 0.1) is 17.7 Å². The van der Waals surface area contributed by atoms with Crippen LogP contribution in [0, 0.1) is 11.3 Å². The Kier molecular flexibility index (Phi) is 4.71. The Morgan fingerprint density at radius 3 is 3.04 bits per heavy atom. The quantitative estimate of drug-likeness (QED) is 0.717. The topological polar surface area (TPSA) is 78.8 Å². The Hall–Kier alpha value is -3.04. The molecule has 1 aliphatic rings. The maximum absolute atomic E-state index is 9.11. The summed E-state index contributed by atoms with van der Waals surface area (Å²) in [6.45, 7) is 1.75. The van der Waals surface area contributed by atoms with Crippen LogP contribution >= 0.6 is 0 Å². The van der Waals surface area contributed by atoms with Crippen molar-refractivity contribution in [3.63, 3.8) is 0 Å². The number of hydrogen-bond donors (Lipinski definition) is 0. The molecule has 130 valence electrons. The monoisotopic (exact) mass is 345 g/mol. The minimum atomic E-state index is 0.104. The van der Waals surface area contributed by atoms with Gasteiger partial charge in [-0.25, -0.2) is 0 Å². The van der Waals surface area contributed by atoms with E-state index in [-0.39, 0.29) is 6.04 Å². The molecule has 0 aliphatic carbocycles. The molecule has 1 fully saturated rings. The van der Waals surface area contributed by atoms with Crippen molar-refractivity contribution >= 4 is 0 Å². The van der Waals surface area contributed by atoms with Crippen LogP contribution in [-0.2, 0) is 6.54 Å². The van der Waals surface area contributed by atoms with Gasteiger partial charge in [0.1, 0.15) is 0 Å². The lowest BCUT2D eigenvalue weighted by Gasteiger charge is -2.33. The summed E-state index contributed by atoms with van der Waals surface area (Å²) < 4.78 is 5.59. The molecule has 3 aromatic rings. The van der Waals surface area contributed by atoms with Crippen LogP contribution in [0.5, 0.6) is 0 Å². The van der Waals surface area contributed by atoms with E-state index in [4.69, 9.17) is 9.78 Å². The predicted molar refractivity (Wildman–Crippen MR) is 95.7 cm³/mol. The molecular weight excluding hydrogens is 326 g/mol. The zero-order chi connectivity index (χ0) is 17.8. The summed E-state index contributed by atoms with van der Waals surface area (Å²) in [6.07, 6.45) is 6.75. The second-order valence-corrected chi connectivity index (χ2v) is 6.49. The molecule has 0 N–H and O–H groups in total. The number of nitrogens with zero attached hydrogens (tertiary/aromatic N) is 5. The third-order valence-electron chi connectivity index (χ3n) is 4.70. The van der Waals surface area contributed by atoms with Gasteiger partial charge >= 0.3 is 0 Å². The number of hydrogen-bond acceptors (Lipinski definition) is 6. The van der Waals surface area contributed by atoms with Crippen molar-refractivity contribution in [1.82, 2.24) is 20.0 Å². The Morgan fingerprint density at radius 2 is 2.19 bits per heavy atom. The van der Waals surface area contributed by atoms with Gasteiger partial charge in [-0.2, -0.15) is 10.2 Å². The second kappa shape index (κ2) is 7.46. The van der Waals surface area contributed by atoms with Crippen LogP contribution in [0.3, 0.4) is 0 Å². The predicted octanol–water partition coefficient (Wildman–Crippen LogP) is 3.73. The summed E-state index contributed by atoms with van der Waals surface area (Å²) >= 11 is 0. The zero-order valence-electron chi connectivity index (χ0n) is 14.4. The third kappa shape index (κ3) is 3.48. The lowest BCUT2D eigenvalue weighted by molar-refractivity contribution is 0.111. The largest absolute Gasteiger partial charge is 0.337 e. The molecular formula is C20H19N5O. The maximum atomic E-state index is 9.11. The molecule has 1 aromatic carbocycles. The van der Waals surface area contributed by atoms with E-state index >= 15 is 0 Å². The average Bonchev–Trinajstić information content (AvgIpc) is 3.19. The van der Waals surface area contributed by atoms with Crippen molar-refractivity contribution < 1.29 is 4.52 Å². The summed E-state index contributed by atoms with van der Waals surface area (Å²) in [7, 11) is 0. The molecule has 1 aliphatic heterocycles. The van der Waals surface area contributed by atoms with Gasteiger partial charge in [-0.15, -0.1) is 0 Å². The lowest BCUT2D eigenvalue weighted by Crippen LogP contribution is -2.33. The highest BCUT2D eigenvalue weighted by atomic mass is 16.5. The Morgan fingerprint density at radius 1 is 1.23 bits per heavy atom. The molecule has 0 bridgehead atoms. The van der Waals surface area contributed by atoms with Crippen molar-refractivity contribution in [3.05, 3.63) is 65.8 Å². The van der Waals surface area contributed by atoms with Gasteiger partial charge in [0.15, 0.2) is 0 Å². The summed E-state index contributed by atoms with van der Waals surface area (Å²) in [4.78, 5) is 11.1. The standard InChI is InChI=1S/C20H19N5O/c21-12-15-5-3-6-16(11-15)14-25-10-2-1-8-18(25)20-23-19(24-26-20)17-7-4-9-22-13-17/h3-7,9,11,13,18H,1-2,8,10,14H2. The molecule has 1 unspecified atom stereocenters.